The van der Waals surface area contributed by atoms with E-state index in [1.54, 1.807) is 0 Å². The van der Waals surface area contributed by atoms with Gasteiger partial charge in [-0.2, -0.15) is 0 Å². The van der Waals surface area contributed by atoms with Crippen molar-refractivity contribution in [2.75, 3.05) is 11.4 Å². The summed E-state index contributed by atoms with van der Waals surface area (Å²) in [5.74, 6) is 1.15. The van der Waals surface area contributed by atoms with Crippen LogP contribution >= 0.6 is 0 Å². The second-order valence-corrected chi connectivity index (χ2v) is 5.30. The van der Waals surface area contributed by atoms with Gasteiger partial charge in [-0.15, -0.1) is 0 Å². The molecule has 0 aromatic carbocycles. The van der Waals surface area contributed by atoms with Gasteiger partial charge in [0.2, 0.25) is 0 Å². The van der Waals surface area contributed by atoms with Gasteiger partial charge in [0, 0.05) is 18.3 Å². The lowest BCUT2D eigenvalue weighted by Gasteiger charge is -2.37. The highest BCUT2D eigenvalue weighted by Gasteiger charge is 2.32. The molecule has 2 heterocycles. The molecule has 2 unspecified atom stereocenters. The quantitative estimate of drug-likeness (QED) is 0.904. The van der Waals surface area contributed by atoms with Crippen molar-refractivity contribution in [1.82, 2.24) is 9.97 Å². The van der Waals surface area contributed by atoms with Gasteiger partial charge in [-0.05, 0) is 32.1 Å². The Kier molecular flexibility index (Phi) is 4.02. The topological polar surface area (TPSA) is 66.3 Å². The lowest BCUT2D eigenvalue weighted by molar-refractivity contribution is -0.139. The van der Waals surface area contributed by atoms with E-state index >= 15 is 0 Å². The number of aromatic nitrogens is 2. The molecule has 104 valence electrons. The van der Waals surface area contributed by atoms with E-state index in [0.717, 1.165) is 30.9 Å². The third-order valence-corrected chi connectivity index (χ3v) is 3.68. The molecular weight excluding hydrogens is 242 g/mol. The lowest BCUT2D eigenvalue weighted by atomic mass is 9.92. The molecule has 1 aromatic heterocycles. The average Bonchev–Trinajstić information content (AvgIpc) is 2.37. The first-order valence-electron chi connectivity index (χ1n) is 6.85. The molecule has 2 atom stereocenters. The van der Waals surface area contributed by atoms with Crippen molar-refractivity contribution in [1.29, 1.82) is 0 Å². The molecule has 0 radical (unpaired) electrons. The zero-order chi connectivity index (χ0) is 14.0. The molecule has 1 aliphatic rings. The molecule has 2 rings (SSSR count). The van der Waals surface area contributed by atoms with Crippen LogP contribution in [0.15, 0.2) is 6.07 Å². The molecule has 0 bridgehead atoms. The van der Waals surface area contributed by atoms with E-state index < -0.39 is 12.0 Å². The molecule has 1 fully saturated rings. The number of hydrogen-bond acceptors (Lipinski definition) is 4. The summed E-state index contributed by atoms with van der Waals surface area (Å²) < 4.78 is 0. The van der Waals surface area contributed by atoms with Crippen molar-refractivity contribution in [3.8, 4) is 0 Å². The fraction of sp³-hybridized carbons (Fsp3) is 0.643. The maximum Gasteiger partial charge on any atom is 0.326 e. The standard InChI is InChI=1S/C14H21N3O2/c1-4-11-8-13(16-10(3)15-11)17-6-5-9(2)7-12(17)14(18)19/h8-9,12H,4-7H2,1-3H3,(H,18,19). The van der Waals surface area contributed by atoms with Gasteiger partial charge in [0.15, 0.2) is 0 Å². The minimum absolute atomic E-state index is 0.450. The van der Waals surface area contributed by atoms with E-state index in [4.69, 9.17) is 0 Å². The van der Waals surface area contributed by atoms with Crippen molar-refractivity contribution >= 4 is 11.8 Å². The first-order chi connectivity index (χ1) is 9.01. The van der Waals surface area contributed by atoms with E-state index in [2.05, 4.69) is 16.9 Å². The van der Waals surface area contributed by atoms with Gasteiger partial charge in [-0.1, -0.05) is 13.8 Å². The lowest BCUT2D eigenvalue weighted by Crippen LogP contribution is -2.47. The van der Waals surface area contributed by atoms with Gasteiger partial charge in [0.1, 0.15) is 17.7 Å². The second kappa shape index (κ2) is 5.55. The second-order valence-electron chi connectivity index (χ2n) is 5.30. The molecule has 5 heteroatoms. The number of anilines is 1. The van der Waals surface area contributed by atoms with E-state index in [0.29, 0.717) is 18.2 Å². The molecule has 1 saturated heterocycles. The van der Waals surface area contributed by atoms with Gasteiger partial charge in [-0.3, -0.25) is 0 Å². The summed E-state index contributed by atoms with van der Waals surface area (Å²) in [7, 11) is 0. The van der Waals surface area contributed by atoms with Gasteiger partial charge in [0.25, 0.3) is 0 Å². The fourth-order valence-corrected chi connectivity index (χ4v) is 2.59. The van der Waals surface area contributed by atoms with Crippen LogP contribution in [0.25, 0.3) is 0 Å². The van der Waals surface area contributed by atoms with Crippen molar-refractivity contribution in [3.63, 3.8) is 0 Å². The number of carbonyl (C=O) groups is 1. The van der Waals surface area contributed by atoms with Gasteiger partial charge in [0.05, 0.1) is 0 Å². The Balaban J connectivity index is 2.33. The van der Waals surface area contributed by atoms with Gasteiger partial charge < -0.3 is 10.0 Å². The zero-order valence-electron chi connectivity index (χ0n) is 11.8. The molecule has 1 aliphatic heterocycles. The summed E-state index contributed by atoms with van der Waals surface area (Å²) in [5, 5.41) is 9.40. The number of carboxylic acids is 1. The Morgan fingerprint density at radius 3 is 2.89 bits per heavy atom. The van der Waals surface area contributed by atoms with E-state index in [1.807, 2.05) is 24.8 Å². The Hall–Kier alpha value is -1.65. The number of aliphatic carboxylic acids is 1. The number of hydrogen-bond donors (Lipinski definition) is 1. The predicted molar refractivity (Wildman–Crippen MR) is 73.3 cm³/mol. The van der Waals surface area contributed by atoms with Crippen molar-refractivity contribution < 1.29 is 9.90 Å². The third kappa shape index (κ3) is 3.03. The van der Waals surface area contributed by atoms with Gasteiger partial charge >= 0.3 is 5.97 Å². The molecule has 0 saturated carbocycles. The van der Waals surface area contributed by atoms with Crippen LogP contribution in [0, 0.1) is 12.8 Å². The summed E-state index contributed by atoms with van der Waals surface area (Å²) in [6.07, 6.45) is 2.52. The van der Waals surface area contributed by atoms with Crippen molar-refractivity contribution in [2.24, 2.45) is 5.92 Å². The number of carboxylic acid groups (broad SMARTS) is 1. The third-order valence-electron chi connectivity index (χ3n) is 3.68. The smallest absolute Gasteiger partial charge is 0.326 e. The van der Waals surface area contributed by atoms with E-state index in [1.165, 1.54) is 0 Å². The van der Waals surface area contributed by atoms with Crippen LogP contribution in [0.3, 0.4) is 0 Å². The SMILES string of the molecule is CCc1cc(N2CCC(C)CC2C(=O)O)nc(C)n1. The highest BCUT2D eigenvalue weighted by molar-refractivity contribution is 5.78. The van der Waals surface area contributed by atoms with Crippen LogP contribution in [-0.2, 0) is 11.2 Å². The first kappa shape index (κ1) is 13.8. The van der Waals surface area contributed by atoms with Crippen LogP contribution < -0.4 is 4.90 Å². The summed E-state index contributed by atoms with van der Waals surface area (Å²) in [6, 6.07) is 1.45. The Bertz CT molecular complexity index is 476. The monoisotopic (exact) mass is 263 g/mol. The maximum atomic E-state index is 11.4. The van der Waals surface area contributed by atoms with E-state index in [-0.39, 0.29) is 0 Å². The highest BCUT2D eigenvalue weighted by Crippen LogP contribution is 2.27. The minimum atomic E-state index is -0.763. The summed E-state index contributed by atoms with van der Waals surface area (Å²) in [5.41, 5.74) is 0.963. The average molecular weight is 263 g/mol. The van der Waals surface area contributed by atoms with Crippen molar-refractivity contribution in [3.05, 3.63) is 17.6 Å². The largest absolute Gasteiger partial charge is 0.480 e. The molecule has 5 nitrogen and oxygen atoms in total. The Morgan fingerprint density at radius 1 is 1.53 bits per heavy atom. The first-order valence-corrected chi connectivity index (χ1v) is 6.85. The fourth-order valence-electron chi connectivity index (χ4n) is 2.59. The number of aryl methyl sites for hydroxylation is 2. The summed E-state index contributed by atoms with van der Waals surface area (Å²) >= 11 is 0. The summed E-state index contributed by atoms with van der Waals surface area (Å²) in [6.45, 7) is 6.75. The molecule has 1 aromatic rings. The Labute approximate surface area is 113 Å². The van der Waals surface area contributed by atoms with Crippen molar-refractivity contribution in [2.45, 2.75) is 46.1 Å². The van der Waals surface area contributed by atoms with Crippen LogP contribution in [0.4, 0.5) is 5.82 Å². The minimum Gasteiger partial charge on any atom is -0.480 e. The maximum absolute atomic E-state index is 11.4. The molecule has 0 amide bonds. The molecule has 0 aliphatic carbocycles. The number of piperidine rings is 1. The van der Waals surface area contributed by atoms with Crippen LogP contribution in [-0.4, -0.2) is 33.6 Å². The zero-order valence-corrected chi connectivity index (χ0v) is 11.8. The normalized spacial score (nSPS) is 23.4. The highest BCUT2D eigenvalue weighted by atomic mass is 16.4. The molecule has 1 N–H and O–H groups in total. The predicted octanol–water partition coefficient (Wildman–Crippen LogP) is 2.04. The van der Waals surface area contributed by atoms with Crippen LogP contribution in [0.2, 0.25) is 0 Å². The van der Waals surface area contributed by atoms with Gasteiger partial charge in [-0.25, -0.2) is 14.8 Å². The molecule has 0 spiro atoms. The van der Waals surface area contributed by atoms with Crippen LogP contribution in [0.1, 0.15) is 38.2 Å². The summed E-state index contributed by atoms with van der Waals surface area (Å²) in [4.78, 5) is 22.1. The van der Waals surface area contributed by atoms with E-state index in [9.17, 15) is 9.90 Å². The molecule has 19 heavy (non-hydrogen) atoms. The number of rotatable bonds is 3. The number of nitrogens with zero attached hydrogens (tertiary/aromatic N) is 3. The molecular formula is C14H21N3O2. The Morgan fingerprint density at radius 2 is 2.26 bits per heavy atom. The van der Waals surface area contributed by atoms with Crippen LogP contribution in [0.5, 0.6) is 0 Å².